The van der Waals surface area contributed by atoms with E-state index >= 15 is 0 Å². The number of halogens is 1. The predicted molar refractivity (Wildman–Crippen MR) is 63.8 cm³/mol. The highest BCUT2D eigenvalue weighted by atomic mass is 35.5. The Morgan fingerprint density at radius 1 is 1.50 bits per heavy atom. The summed E-state index contributed by atoms with van der Waals surface area (Å²) in [6.45, 7) is 0.791. The summed E-state index contributed by atoms with van der Waals surface area (Å²) in [5, 5.41) is 2.77. The Bertz CT molecular complexity index is 366. The summed E-state index contributed by atoms with van der Waals surface area (Å²) in [6, 6.07) is 7.67. The lowest BCUT2D eigenvalue weighted by atomic mass is 10.1. The third kappa shape index (κ3) is 3.49. The molecular formula is C12H14ClNO2. The fourth-order valence-corrected chi connectivity index (χ4v) is 1.67. The van der Waals surface area contributed by atoms with E-state index in [1.54, 1.807) is 0 Å². The van der Waals surface area contributed by atoms with Crippen molar-refractivity contribution in [3.8, 4) is 5.75 Å². The van der Waals surface area contributed by atoms with Gasteiger partial charge >= 0.3 is 0 Å². The molecule has 0 N–H and O–H groups in total. The van der Waals surface area contributed by atoms with Crippen molar-refractivity contribution in [2.45, 2.75) is 24.8 Å². The maximum Gasteiger partial charge on any atom is 0.169 e. The van der Waals surface area contributed by atoms with Gasteiger partial charge in [0.1, 0.15) is 5.75 Å². The quantitative estimate of drug-likeness (QED) is 0.434. The molecule has 1 aromatic carbocycles. The van der Waals surface area contributed by atoms with Gasteiger partial charge in [0, 0.05) is 6.42 Å². The van der Waals surface area contributed by atoms with Gasteiger partial charge in [-0.1, -0.05) is 23.7 Å². The minimum Gasteiger partial charge on any atom is -0.493 e. The molecule has 2 rings (SSSR count). The van der Waals surface area contributed by atoms with Gasteiger partial charge in [-0.2, -0.15) is 0 Å². The van der Waals surface area contributed by atoms with Crippen LogP contribution in [0.25, 0.3) is 0 Å². The van der Waals surface area contributed by atoms with E-state index in [1.165, 1.54) is 12.8 Å². The molecule has 0 heterocycles. The van der Waals surface area contributed by atoms with Crippen LogP contribution in [0.5, 0.6) is 5.75 Å². The molecule has 1 saturated carbocycles. The lowest BCUT2D eigenvalue weighted by Gasteiger charge is -2.07. The number of rotatable bonds is 6. The molecule has 0 aromatic heterocycles. The van der Waals surface area contributed by atoms with Gasteiger partial charge in [0.25, 0.3) is 0 Å². The fraction of sp³-hybridized carbons (Fsp3) is 0.500. The SMILES string of the molecule is O=NC(Cl)Cc1cccc(OCC2CC2)c1. The van der Waals surface area contributed by atoms with E-state index in [0.29, 0.717) is 6.42 Å². The second-order valence-corrected chi connectivity index (χ2v) is 4.65. The lowest BCUT2D eigenvalue weighted by Crippen LogP contribution is -2.01. The molecule has 0 saturated heterocycles. The number of hydrogen-bond donors (Lipinski definition) is 0. The van der Waals surface area contributed by atoms with Gasteiger partial charge in [-0.25, -0.2) is 0 Å². The summed E-state index contributed by atoms with van der Waals surface area (Å²) >= 11 is 5.67. The Morgan fingerprint density at radius 3 is 3.00 bits per heavy atom. The first-order chi connectivity index (χ1) is 7.78. The third-order valence-corrected chi connectivity index (χ3v) is 2.83. The van der Waals surface area contributed by atoms with E-state index in [4.69, 9.17) is 16.3 Å². The Labute approximate surface area is 99.7 Å². The number of ether oxygens (including phenoxy) is 1. The van der Waals surface area contributed by atoms with Gasteiger partial charge in [0.05, 0.1) is 6.61 Å². The zero-order valence-electron chi connectivity index (χ0n) is 8.93. The van der Waals surface area contributed by atoms with Crippen LogP contribution in [-0.4, -0.2) is 12.1 Å². The minimum absolute atomic E-state index is 0.450. The molecule has 3 nitrogen and oxygen atoms in total. The molecule has 1 aliphatic carbocycles. The molecule has 1 atom stereocenters. The standard InChI is InChI=1S/C12H14ClNO2/c13-12(14-15)7-10-2-1-3-11(6-10)16-8-9-4-5-9/h1-3,6,9,12H,4-5,7-8H2. The number of benzene rings is 1. The monoisotopic (exact) mass is 239 g/mol. The summed E-state index contributed by atoms with van der Waals surface area (Å²) < 4.78 is 5.63. The number of nitroso groups, excluding NO2 is 1. The van der Waals surface area contributed by atoms with Crippen LogP contribution in [0.3, 0.4) is 0 Å². The molecule has 1 unspecified atom stereocenters. The van der Waals surface area contributed by atoms with Crippen molar-refractivity contribution < 1.29 is 4.74 Å². The van der Waals surface area contributed by atoms with Crippen LogP contribution >= 0.6 is 11.6 Å². The van der Waals surface area contributed by atoms with Crippen LogP contribution < -0.4 is 4.74 Å². The number of hydrogen-bond acceptors (Lipinski definition) is 3. The maximum absolute atomic E-state index is 10.2. The minimum atomic E-state index is -0.696. The fourth-order valence-electron chi connectivity index (χ4n) is 1.49. The van der Waals surface area contributed by atoms with Crippen LogP contribution in [0, 0.1) is 10.8 Å². The zero-order chi connectivity index (χ0) is 11.4. The molecule has 0 radical (unpaired) electrons. The van der Waals surface area contributed by atoms with Crippen molar-refractivity contribution in [2.75, 3.05) is 6.61 Å². The van der Waals surface area contributed by atoms with Crippen LogP contribution in [0.15, 0.2) is 29.4 Å². The van der Waals surface area contributed by atoms with Crippen LogP contribution in [-0.2, 0) is 6.42 Å². The van der Waals surface area contributed by atoms with Gasteiger partial charge in [0.2, 0.25) is 0 Å². The molecule has 86 valence electrons. The summed E-state index contributed by atoms with van der Waals surface area (Å²) in [6.07, 6.45) is 3.00. The lowest BCUT2D eigenvalue weighted by molar-refractivity contribution is 0.299. The van der Waals surface area contributed by atoms with Crippen molar-refractivity contribution in [3.05, 3.63) is 34.7 Å². The topological polar surface area (TPSA) is 38.7 Å². The predicted octanol–water partition coefficient (Wildman–Crippen LogP) is 3.35. The summed E-state index contributed by atoms with van der Waals surface area (Å²) in [5.74, 6) is 1.58. The van der Waals surface area contributed by atoms with Gasteiger partial charge in [-0.05, 0) is 41.6 Å². The molecule has 16 heavy (non-hydrogen) atoms. The normalized spacial score (nSPS) is 16.8. The average molecular weight is 240 g/mol. The van der Waals surface area contributed by atoms with Gasteiger partial charge in [0.15, 0.2) is 5.50 Å². The van der Waals surface area contributed by atoms with Crippen LogP contribution in [0.4, 0.5) is 0 Å². The molecule has 0 amide bonds. The van der Waals surface area contributed by atoms with Crippen molar-refractivity contribution in [1.82, 2.24) is 0 Å². The van der Waals surface area contributed by atoms with Crippen molar-refractivity contribution in [1.29, 1.82) is 0 Å². The first kappa shape index (κ1) is 11.4. The Kier molecular flexibility index (Phi) is 3.78. The molecule has 1 aromatic rings. The van der Waals surface area contributed by atoms with Crippen molar-refractivity contribution >= 4 is 11.6 Å². The van der Waals surface area contributed by atoms with Crippen LogP contribution in [0.1, 0.15) is 18.4 Å². The summed E-state index contributed by atoms with van der Waals surface area (Å²) in [7, 11) is 0. The molecule has 0 spiro atoms. The van der Waals surface area contributed by atoms with E-state index in [9.17, 15) is 4.91 Å². The number of nitrogens with zero attached hydrogens (tertiary/aromatic N) is 1. The first-order valence-corrected chi connectivity index (χ1v) is 5.90. The Balaban J connectivity index is 1.91. The third-order valence-electron chi connectivity index (χ3n) is 2.60. The largest absolute Gasteiger partial charge is 0.493 e. The molecule has 0 aliphatic heterocycles. The Hall–Kier alpha value is -1.09. The molecule has 1 aliphatic rings. The first-order valence-electron chi connectivity index (χ1n) is 5.46. The highest BCUT2D eigenvalue weighted by Gasteiger charge is 2.21. The number of alkyl halides is 1. The van der Waals surface area contributed by atoms with E-state index in [0.717, 1.165) is 23.8 Å². The Morgan fingerprint density at radius 2 is 2.31 bits per heavy atom. The average Bonchev–Trinajstić information content (AvgIpc) is 3.10. The molecule has 1 fully saturated rings. The highest BCUT2D eigenvalue weighted by Crippen LogP contribution is 2.29. The van der Waals surface area contributed by atoms with Crippen LogP contribution in [0.2, 0.25) is 0 Å². The van der Waals surface area contributed by atoms with Gasteiger partial charge < -0.3 is 4.74 Å². The summed E-state index contributed by atoms with van der Waals surface area (Å²) in [4.78, 5) is 10.2. The van der Waals surface area contributed by atoms with E-state index < -0.39 is 5.50 Å². The van der Waals surface area contributed by atoms with E-state index in [1.807, 2.05) is 24.3 Å². The molecule has 0 bridgehead atoms. The van der Waals surface area contributed by atoms with E-state index in [-0.39, 0.29) is 0 Å². The highest BCUT2D eigenvalue weighted by molar-refractivity contribution is 6.20. The molecule has 4 heteroatoms. The van der Waals surface area contributed by atoms with E-state index in [2.05, 4.69) is 5.18 Å². The molecular weight excluding hydrogens is 226 g/mol. The van der Waals surface area contributed by atoms with Crippen molar-refractivity contribution in [2.24, 2.45) is 11.1 Å². The zero-order valence-corrected chi connectivity index (χ0v) is 9.69. The second-order valence-electron chi connectivity index (χ2n) is 4.15. The summed E-state index contributed by atoms with van der Waals surface area (Å²) in [5.41, 5.74) is 0.284. The smallest absolute Gasteiger partial charge is 0.169 e. The van der Waals surface area contributed by atoms with Gasteiger partial charge in [-0.3, -0.25) is 0 Å². The van der Waals surface area contributed by atoms with Gasteiger partial charge in [-0.15, -0.1) is 4.91 Å². The van der Waals surface area contributed by atoms with Crippen molar-refractivity contribution in [3.63, 3.8) is 0 Å². The maximum atomic E-state index is 10.2. The second kappa shape index (κ2) is 5.30.